The maximum absolute atomic E-state index is 10.4. The molecule has 23 heavy (non-hydrogen) atoms. The number of hydrogen-bond acceptors (Lipinski definition) is 3. The van der Waals surface area contributed by atoms with E-state index in [4.69, 9.17) is 4.74 Å². The number of hydrogen-bond donors (Lipinski definition) is 2. The Hall–Kier alpha value is -0.683. The van der Waals surface area contributed by atoms with Crippen LogP contribution in [0.2, 0.25) is 13.1 Å². The average molecular weight is 337 g/mol. The van der Waals surface area contributed by atoms with Gasteiger partial charge in [0, 0.05) is 0 Å². The van der Waals surface area contributed by atoms with Crippen molar-refractivity contribution >= 4 is 13.3 Å². The molecule has 0 aromatic heterocycles. The first-order valence-corrected chi connectivity index (χ1v) is 12.0. The Kier molecular flexibility index (Phi) is 6.43. The predicted octanol–water partition coefficient (Wildman–Crippen LogP) is 2.99. The van der Waals surface area contributed by atoms with E-state index in [9.17, 15) is 10.2 Å². The number of rotatable bonds is 8. The summed E-state index contributed by atoms with van der Waals surface area (Å²) in [5, 5.41) is 21.4. The number of aliphatic hydroxyl groups excluding tert-OH is 2. The SMILES string of the molecule is CCCCC[C@@H](O)[C@H]1CC[C@](CO)([Si](C)(C)c2ccccc2)O1. The van der Waals surface area contributed by atoms with Crippen LogP contribution in [0.1, 0.15) is 45.4 Å². The van der Waals surface area contributed by atoms with Gasteiger partial charge in [-0.2, -0.15) is 0 Å². The van der Waals surface area contributed by atoms with Crippen molar-refractivity contribution in [3.8, 4) is 0 Å². The number of benzene rings is 1. The van der Waals surface area contributed by atoms with Crippen molar-refractivity contribution in [1.82, 2.24) is 0 Å². The van der Waals surface area contributed by atoms with E-state index in [1.807, 2.05) is 6.07 Å². The lowest BCUT2D eigenvalue weighted by Crippen LogP contribution is -2.64. The van der Waals surface area contributed by atoms with E-state index in [1.54, 1.807) is 0 Å². The van der Waals surface area contributed by atoms with Crippen LogP contribution in [0.4, 0.5) is 0 Å². The van der Waals surface area contributed by atoms with E-state index in [0.717, 1.165) is 38.5 Å². The van der Waals surface area contributed by atoms with Gasteiger partial charge >= 0.3 is 0 Å². The van der Waals surface area contributed by atoms with E-state index in [-0.39, 0.29) is 12.7 Å². The van der Waals surface area contributed by atoms with Crippen LogP contribution in [0.25, 0.3) is 0 Å². The molecule has 3 nitrogen and oxygen atoms in total. The minimum absolute atomic E-state index is 0.0410. The van der Waals surface area contributed by atoms with E-state index in [1.165, 1.54) is 5.19 Å². The molecule has 1 aromatic carbocycles. The summed E-state index contributed by atoms with van der Waals surface area (Å²) in [7, 11) is -2.01. The molecule has 1 fully saturated rings. The normalized spacial score (nSPS) is 26.4. The van der Waals surface area contributed by atoms with Crippen LogP contribution < -0.4 is 5.19 Å². The van der Waals surface area contributed by atoms with Gasteiger partial charge < -0.3 is 14.9 Å². The molecule has 1 heterocycles. The first kappa shape index (κ1) is 18.7. The third-order valence-corrected chi connectivity index (χ3v) is 10.2. The Morgan fingerprint density at radius 2 is 1.96 bits per heavy atom. The quantitative estimate of drug-likeness (QED) is 0.567. The minimum Gasteiger partial charge on any atom is -0.394 e. The van der Waals surface area contributed by atoms with Gasteiger partial charge in [-0.1, -0.05) is 74.8 Å². The zero-order valence-corrected chi connectivity index (χ0v) is 15.8. The summed E-state index contributed by atoms with van der Waals surface area (Å²) in [6, 6.07) is 10.4. The molecular formula is C19H32O3Si. The lowest BCUT2D eigenvalue weighted by Gasteiger charge is -2.42. The van der Waals surface area contributed by atoms with Gasteiger partial charge in [-0.05, 0) is 19.3 Å². The number of ether oxygens (including phenoxy) is 1. The fourth-order valence-corrected chi connectivity index (χ4v) is 6.90. The third kappa shape index (κ3) is 3.87. The Bertz CT molecular complexity index is 477. The molecule has 4 heteroatoms. The van der Waals surface area contributed by atoms with E-state index < -0.39 is 19.4 Å². The van der Waals surface area contributed by atoms with Crippen molar-refractivity contribution in [3.63, 3.8) is 0 Å². The van der Waals surface area contributed by atoms with Crippen molar-refractivity contribution in [2.45, 2.75) is 76.0 Å². The summed E-state index contributed by atoms with van der Waals surface area (Å²) in [5.74, 6) is 0. The van der Waals surface area contributed by atoms with E-state index in [0.29, 0.717) is 0 Å². The van der Waals surface area contributed by atoms with Crippen molar-refractivity contribution in [3.05, 3.63) is 30.3 Å². The van der Waals surface area contributed by atoms with Gasteiger partial charge in [0.05, 0.1) is 24.0 Å². The lowest BCUT2D eigenvalue weighted by atomic mass is 10.0. The third-order valence-electron chi connectivity index (χ3n) is 5.63. The lowest BCUT2D eigenvalue weighted by molar-refractivity contribution is -0.0750. The monoisotopic (exact) mass is 336 g/mol. The van der Waals surface area contributed by atoms with Crippen LogP contribution in [0, 0.1) is 0 Å². The first-order chi connectivity index (χ1) is 11.0. The summed E-state index contributed by atoms with van der Waals surface area (Å²) in [6.07, 6.45) is 5.30. The van der Waals surface area contributed by atoms with Gasteiger partial charge in [0.25, 0.3) is 0 Å². The number of unbranched alkanes of at least 4 members (excludes halogenated alkanes) is 2. The van der Waals surface area contributed by atoms with E-state index in [2.05, 4.69) is 44.3 Å². The fourth-order valence-electron chi connectivity index (χ4n) is 3.73. The average Bonchev–Trinajstić information content (AvgIpc) is 3.02. The van der Waals surface area contributed by atoms with Crippen molar-refractivity contribution < 1.29 is 14.9 Å². The molecule has 0 unspecified atom stereocenters. The molecule has 2 rings (SSSR count). The second-order valence-electron chi connectivity index (χ2n) is 7.40. The maximum Gasteiger partial charge on any atom is 0.120 e. The van der Waals surface area contributed by atoms with Gasteiger partial charge in [-0.3, -0.25) is 0 Å². The van der Waals surface area contributed by atoms with Crippen LogP contribution >= 0.6 is 0 Å². The summed E-state index contributed by atoms with van der Waals surface area (Å²) < 4.78 is 6.37. The van der Waals surface area contributed by atoms with Gasteiger partial charge in [0.2, 0.25) is 0 Å². The highest BCUT2D eigenvalue weighted by Crippen LogP contribution is 2.39. The van der Waals surface area contributed by atoms with Gasteiger partial charge in [0.15, 0.2) is 0 Å². The molecule has 0 radical (unpaired) electrons. The molecule has 3 atom stereocenters. The first-order valence-electron chi connectivity index (χ1n) is 8.99. The van der Waals surface area contributed by atoms with Crippen LogP contribution in [-0.2, 0) is 4.74 Å². The molecule has 2 N–H and O–H groups in total. The van der Waals surface area contributed by atoms with Crippen LogP contribution in [0.3, 0.4) is 0 Å². The largest absolute Gasteiger partial charge is 0.394 e. The minimum atomic E-state index is -2.01. The fraction of sp³-hybridized carbons (Fsp3) is 0.684. The smallest absolute Gasteiger partial charge is 0.120 e. The predicted molar refractivity (Wildman–Crippen MR) is 97.6 cm³/mol. The Morgan fingerprint density at radius 3 is 2.57 bits per heavy atom. The van der Waals surface area contributed by atoms with Crippen molar-refractivity contribution in [2.75, 3.05) is 6.61 Å². The zero-order valence-electron chi connectivity index (χ0n) is 14.8. The summed E-state index contributed by atoms with van der Waals surface area (Å²) in [6.45, 7) is 6.75. The molecule has 1 saturated heterocycles. The highest BCUT2D eigenvalue weighted by molar-refractivity contribution is 6.92. The maximum atomic E-state index is 10.4. The van der Waals surface area contributed by atoms with Gasteiger partial charge in [-0.15, -0.1) is 0 Å². The molecule has 1 aliphatic rings. The molecule has 130 valence electrons. The molecule has 0 spiro atoms. The highest BCUT2D eigenvalue weighted by Gasteiger charge is 2.54. The summed E-state index contributed by atoms with van der Waals surface area (Å²) in [5.41, 5.74) is 0. The second kappa shape index (κ2) is 7.93. The number of aliphatic hydroxyl groups is 2. The van der Waals surface area contributed by atoms with Gasteiger partial charge in [-0.25, -0.2) is 0 Å². The standard InChI is InChI=1S/C19H32O3Si/c1-4-5-7-12-17(21)18-13-14-19(15-20,22-18)23(2,3)16-10-8-6-9-11-16/h6,8-11,17-18,20-21H,4-5,7,12-15H2,1-3H3/t17-,18-,19-/m1/s1. The Labute approximate surface area is 141 Å². The molecule has 0 bridgehead atoms. The van der Waals surface area contributed by atoms with Crippen molar-refractivity contribution in [2.24, 2.45) is 0 Å². The molecule has 0 saturated carbocycles. The van der Waals surface area contributed by atoms with Crippen LogP contribution in [0.5, 0.6) is 0 Å². The van der Waals surface area contributed by atoms with Crippen molar-refractivity contribution in [1.29, 1.82) is 0 Å². The summed E-state index contributed by atoms with van der Waals surface area (Å²) >= 11 is 0. The van der Waals surface area contributed by atoms with Crippen LogP contribution in [0.15, 0.2) is 30.3 Å². The molecule has 1 aromatic rings. The topological polar surface area (TPSA) is 49.7 Å². The van der Waals surface area contributed by atoms with Gasteiger partial charge in [0.1, 0.15) is 8.07 Å². The Balaban J connectivity index is 2.10. The molecule has 0 amide bonds. The zero-order chi connectivity index (χ0) is 16.9. The molecular weight excluding hydrogens is 304 g/mol. The Morgan fingerprint density at radius 1 is 1.26 bits per heavy atom. The van der Waals surface area contributed by atoms with Crippen LogP contribution in [-0.4, -0.2) is 42.3 Å². The molecule has 1 aliphatic heterocycles. The highest BCUT2D eigenvalue weighted by atomic mass is 28.3. The second-order valence-corrected chi connectivity index (χ2v) is 12.1. The molecule has 0 aliphatic carbocycles. The van der Waals surface area contributed by atoms with E-state index >= 15 is 0 Å². The summed E-state index contributed by atoms with van der Waals surface area (Å²) in [4.78, 5) is 0.